The van der Waals surface area contributed by atoms with Crippen LogP contribution in [0.15, 0.2) is 16.1 Å². The minimum absolute atomic E-state index is 0.393. The van der Waals surface area contributed by atoms with Crippen LogP contribution in [0.25, 0.3) is 0 Å². The standard InChI is InChI=1S/C9H14N2O2S/c12-14(13)7-10-5-9(14)6-11-8-3-1-2-4-8/h5,7-8,11H,1-4,6H2. The maximum atomic E-state index is 11.3. The van der Waals surface area contributed by atoms with Gasteiger partial charge in [-0.1, -0.05) is 12.8 Å². The molecule has 0 atom stereocenters. The van der Waals surface area contributed by atoms with Gasteiger partial charge in [0.25, 0.3) is 0 Å². The molecule has 1 fully saturated rings. The lowest BCUT2D eigenvalue weighted by molar-refractivity contribution is 0.550. The maximum Gasteiger partial charge on any atom is 0.215 e. The van der Waals surface area contributed by atoms with Crippen molar-refractivity contribution in [3.63, 3.8) is 0 Å². The van der Waals surface area contributed by atoms with Gasteiger partial charge in [0.05, 0.1) is 4.91 Å². The molecule has 0 aromatic carbocycles. The molecule has 0 aromatic rings. The lowest BCUT2D eigenvalue weighted by Crippen LogP contribution is -2.29. The highest BCUT2D eigenvalue weighted by Gasteiger charge is 2.21. The van der Waals surface area contributed by atoms with Crippen LogP contribution in [0.2, 0.25) is 0 Å². The highest BCUT2D eigenvalue weighted by molar-refractivity contribution is 8.08. The largest absolute Gasteiger partial charge is 0.309 e. The molecule has 5 heteroatoms. The van der Waals surface area contributed by atoms with Crippen LogP contribution < -0.4 is 5.32 Å². The molecule has 0 unspecified atom stereocenters. The second-order valence-electron chi connectivity index (χ2n) is 3.76. The van der Waals surface area contributed by atoms with E-state index in [4.69, 9.17) is 0 Å². The van der Waals surface area contributed by atoms with Gasteiger partial charge in [-0.25, -0.2) is 8.42 Å². The van der Waals surface area contributed by atoms with Crippen molar-refractivity contribution in [1.29, 1.82) is 0 Å². The molecule has 78 valence electrons. The van der Waals surface area contributed by atoms with Crippen LogP contribution in [0.5, 0.6) is 0 Å². The molecule has 1 aliphatic carbocycles. The number of aliphatic imine (C=N–C) groups is 1. The molecule has 1 heterocycles. The Morgan fingerprint density at radius 2 is 2.14 bits per heavy atom. The number of nitrogens with one attached hydrogen (secondary N) is 1. The molecule has 0 amide bonds. The Bertz CT molecular complexity index is 364. The SMILES string of the molecule is O=S1(=O)C=NC=C1CNC1CCCC1. The summed E-state index contributed by atoms with van der Waals surface area (Å²) in [6.07, 6.45) is 6.25. The zero-order valence-corrected chi connectivity index (χ0v) is 8.76. The monoisotopic (exact) mass is 214 g/mol. The third-order valence-electron chi connectivity index (χ3n) is 2.70. The van der Waals surface area contributed by atoms with Crippen molar-refractivity contribution in [2.45, 2.75) is 31.7 Å². The number of rotatable bonds is 3. The maximum absolute atomic E-state index is 11.3. The fraction of sp³-hybridized carbons (Fsp3) is 0.667. The Hall–Kier alpha value is -0.680. The summed E-state index contributed by atoms with van der Waals surface area (Å²) >= 11 is 0. The van der Waals surface area contributed by atoms with E-state index in [9.17, 15) is 8.42 Å². The Morgan fingerprint density at radius 1 is 1.43 bits per heavy atom. The summed E-state index contributed by atoms with van der Waals surface area (Å²) in [5, 5.41) is 3.25. The molecule has 1 saturated carbocycles. The molecule has 0 spiro atoms. The first-order valence-electron chi connectivity index (χ1n) is 4.89. The van der Waals surface area contributed by atoms with E-state index in [1.54, 1.807) is 0 Å². The number of hydrogen-bond donors (Lipinski definition) is 1. The van der Waals surface area contributed by atoms with E-state index in [1.807, 2.05) is 0 Å². The molecule has 14 heavy (non-hydrogen) atoms. The summed E-state index contributed by atoms with van der Waals surface area (Å²) in [7, 11) is -3.17. The molecule has 0 saturated heterocycles. The van der Waals surface area contributed by atoms with Gasteiger partial charge in [-0.2, -0.15) is 0 Å². The van der Waals surface area contributed by atoms with Crippen molar-refractivity contribution in [2.75, 3.05) is 6.54 Å². The zero-order chi connectivity index (χ0) is 10.0. The van der Waals surface area contributed by atoms with Crippen LogP contribution in [-0.4, -0.2) is 26.6 Å². The van der Waals surface area contributed by atoms with Crippen molar-refractivity contribution in [3.05, 3.63) is 11.1 Å². The van der Waals surface area contributed by atoms with Crippen molar-refractivity contribution >= 4 is 15.4 Å². The van der Waals surface area contributed by atoms with Crippen molar-refractivity contribution < 1.29 is 8.42 Å². The highest BCUT2D eigenvalue weighted by atomic mass is 32.2. The van der Waals surface area contributed by atoms with Crippen LogP contribution in [0, 0.1) is 0 Å². The average molecular weight is 214 g/mol. The van der Waals surface area contributed by atoms with E-state index in [-0.39, 0.29) is 0 Å². The Kier molecular flexibility index (Phi) is 2.69. The van der Waals surface area contributed by atoms with Gasteiger partial charge in [-0.3, -0.25) is 4.99 Å². The molecule has 1 aliphatic heterocycles. The normalized spacial score (nSPS) is 25.6. The van der Waals surface area contributed by atoms with Crippen LogP contribution in [-0.2, 0) is 9.84 Å². The second kappa shape index (κ2) is 3.82. The smallest absolute Gasteiger partial charge is 0.215 e. The summed E-state index contributed by atoms with van der Waals surface area (Å²) in [6.45, 7) is 0.424. The van der Waals surface area contributed by atoms with Gasteiger partial charge in [-0.05, 0) is 12.8 Å². The molecular formula is C9H14N2O2S. The van der Waals surface area contributed by atoms with Crippen LogP contribution in [0.1, 0.15) is 25.7 Å². The van der Waals surface area contributed by atoms with Crippen LogP contribution in [0.4, 0.5) is 0 Å². The van der Waals surface area contributed by atoms with E-state index in [2.05, 4.69) is 10.3 Å². The molecule has 0 radical (unpaired) electrons. The minimum Gasteiger partial charge on any atom is -0.309 e. The van der Waals surface area contributed by atoms with Gasteiger partial charge < -0.3 is 5.32 Å². The molecule has 0 aromatic heterocycles. The number of nitrogens with zero attached hydrogens (tertiary/aromatic N) is 1. The second-order valence-corrected chi connectivity index (χ2v) is 5.58. The topological polar surface area (TPSA) is 58.5 Å². The summed E-state index contributed by atoms with van der Waals surface area (Å²) in [5.74, 6) is 0. The summed E-state index contributed by atoms with van der Waals surface area (Å²) < 4.78 is 22.6. The first-order valence-corrected chi connectivity index (χ1v) is 6.44. The van der Waals surface area contributed by atoms with Gasteiger partial charge in [0.2, 0.25) is 9.84 Å². The third-order valence-corrected chi connectivity index (χ3v) is 4.08. The fourth-order valence-electron chi connectivity index (χ4n) is 1.86. The number of hydrogen-bond acceptors (Lipinski definition) is 4. The average Bonchev–Trinajstić information content (AvgIpc) is 2.71. The summed E-state index contributed by atoms with van der Waals surface area (Å²) in [4.78, 5) is 4.04. The predicted octanol–water partition coefficient (Wildman–Crippen LogP) is 0.817. The first-order chi connectivity index (χ1) is 6.68. The molecule has 2 rings (SSSR count). The van der Waals surface area contributed by atoms with Crippen molar-refractivity contribution in [3.8, 4) is 0 Å². The van der Waals surface area contributed by atoms with Crippen molar-refractivity contribution in [2.24, 2.45) is 4.99 Å². The van der Waals surface area contributed by atoms with E-state index < -0.39 is 9.84 Å². The van der Waals surface area contributed by atoms with Gasteiger partial charge in [0, 0.05) is 18.8 Å². The molecule has 0 bridgehead atoms. The first kappa shape index (κ1) is 9.86. The Morgan fingerprint density at radius 3 is 2.71 bits per heavy atom. The fourth-order valence-corrected chi connectivity index (χ4v) is 2.70. The Labute approximate surface area is 84.0 Å². The van der Waals surface area contributed by atoms with Crippen LogP contribution >= 0.6 is 0 Å². The highest BCUT2D eigenvalue weighted by Crippen LogP contribution is 2.18. The van der Waals surface area contributed by atoms with Crippen molar-refractivity contribution in [1.82, 2.24) is 5.32 Å². The quantitative estimate of drug-likeness (QED) is 0.756. The van der Waals surface area contributed by atoms with Gasteiger partial charge >= 0.3 is 0 Å². The molecule has 4 nitrogen and oxygen atoms in total. The van der Waals surface area contributed by atoms with Gasteiger partial charge in [0.15, 0.2) is 0 Å². The van der Waals surface area contributed by atoms with Crippen LogP contribution in [0.3, 0.4) is 0 Å². The lowest BCUT2D eigenvalue weighted by atomic mass is 10.2. The zero-order valence-electron chi connectivity index (χ0n) is 7.94. The molecule has 2 aliphatic rings. The van der Waals surface area contributed by atoms with Gasteiger partial charge in [-0.15, -0.1) is 0 Å². The Balaban J connectivity index is 1.87. The molecular weight excluding hydrogens is 200 g/mol. The van der Waals surface area contributed by atoms with E-state index >= 15 is 0 Å². The predicted molar refractivity (Wildman–Crippen MR) is 55.8 cm³/mol. The summed E-state index contributed by atoms with van der Waals surface area (Å²) in [6, 6.07) is 0.492. The third kappa shape index (κ3) is 2.04. The lowest BCUT2D eigenvalue weighted by Gasteiger charge is -2.11. The van der Waals surface area contributed by atoms with E-state index in [1.165, 1.54) is 19.0 Å². The number of sulfone groups is 1. The minimum atomic E-state index is -3.17. The van der Waals surface area contributed by atoms with E-state index in [0.29, 0.717) is 17.5 Å². The van der Waals surface area contributed by atoms with E-state index in [0.717, 1.165) is 18.4 Å². The summed E-state index contributed by atoms with van der Waals surface area (Å²) in [5.41, 5.74) is 1.01. The van der Waals surface area contributed by atoms with Gasteiger partial charge in [0.1, 0.15) is 5.55 Å². The molecule has 1 N–H and O–H groups in total.